The van der Waals surface area contributed by atoms with Gasteiger partial charge < -0.3 is 9.47 Å². The molecule has 0 saturated heterocycles. The molecule has 24 heavy (non-hydrogen) atoms. The number of hydrogen-bond acceptors (Lipinski definition) is 4. The second-order valence-electron chi connectivity index (χ2n) is 5.65. The number of amides is 2. The van der Waals surface area contributed by atoms with Gasteiger partial charge >= 0.3 is 11.8 Å². The molecule has 2 aliphatic heterocycles. The van der Waals surface area contributed by atoms with E-state index >= 15 is 0 Å². The summed E-state index contributed by atoms with van der Waals surface area (Å²) in [4.78, 5) is 24.7. The van der Waals surface area contributed by atoms with Crippen molar-refractivity contribution in [2.45, 2.75) is 12.8 Å². The van der Waals surface area contributed by atoms with Gasteiger partial charge in [-0.2, -0.15) is 0 Å². The van der Waals surface area contributed by atoms with E-state index in [-0.39, 0.29) is 11.8 Å². The topological polar surface area (TPSA) is 61.5 Å². The van der Waals surface area contributed by atoms with Gasteiger partial charge in [0.2, 0.25) is 0 Å². The van der Waals surface area contributed by atoms with Gasteiger partial charge in [0.25, 0.3) is 0 Å². The largest absolute Gasteiger partial charge is 0.379 e. The Kier molecular flexibility index (Phi) is 8.34. The van der Waals surface area contributed by atoms with Crippen LogP contribution in [0.2, 0.25) is 0 Å². The summed E-state index contributed by atoms with van der Waals surface area (Å²) in [5.74, 6) is 0.195. The molecule has 2 aliphatic rings. The highest BCUT2D eigenvalue weighted by Crippen LogP contribution is 1.86. The fraction of sp³-hybridized carbons (Fsp3) is 0.444. The van der Waals surface area contributed by atoms with Crippen LogP contribution in [0.15, 0.2) is 48.9 Å². The van der Waals surface area contributed by atoms with E-state index in [1.54, 1.807) is 24.3 Å². The van der Waals surface area contributed by atoms with E-state index in [1.807, 2.05) is 24.6 Å². The Morgan fingerprint density at radius 1 is 0.667 bits per heavy atom. The van der Waals surface area contributed by atoms with Crippen molar-refractivity contribution in [3.63, 3.8) is 0 Å². The molecule has 6 heteroatoms. The van der Waals surface area contributed by atoms with Crippen molar-refractivity contribution in [2.75, 3.05) is 39.5 Å². The molecule has 0 aromatic rings. The lowest BCUT2D eigenvalue weighted by Crippen LogP contribution is -3.10. The van der Waals surface area contributed by atoms with Crippen LogP contribution in [-0.2, 0) is 19.1 Å². The molecule has 0 radical (unpaired) electrons. The van der Waals surface area contributed by atoms with E-state index in [0.717, 1.165) is 35.7 Å². The number of quaternary nitrogens is 2. The van der Waals surface area contributed by atoms with Crippen LogP contribution in [0.25, 0.3) is 0 Å². The zero-order valence-corrected chi connectivity index (χ0v) is 13.9. The number of hydrogen-bond donors (Lipinski definition) is 2. The second kappa shape index (κ2) is 10.8. The molecule has 0 bridgehead atoms. The summed E-state index contributed by atoms with van der Waals surface area (Å²) in [6, 6.07) is 0. The highest BCUT2D eigenvalue weighted by Gasteiger charge is 2.15. The van der Waals surface area contributed by atoms with Gasteiger partial charge in [-0.15, -0.1) is 0 Å². The van der Waals surface area contributed by atoms with Crippen molar-refractivity contribution in [1.29, 1.82) is 0 Å². The van der Waals surface area contributed by atoms with E-state index in [1.165, 1.54) is 0 Å². The number of ether oxygens (including phenoxy) is 2. The summed E-state index contributed by atoms with van der Waals surface area (Å²) in [6.07, 6.45) is 15.9. The first-order valence-corrected chi connectivity index (χ1v) is 8.42. The van der Waals surface area contributed by atoms with E-state index in [0.29, 0.717) is 26.4 Å². The van der Waals surface area contributed by atoms with Gasteiger partial charge in [-0.05, 0) is 24.3 Å². The Morgan fingerprint density at radius 3 is 1.54 bits per heavy atom. The molecule has 2 amide bonds. The molecule has 2 heterocycles. The predicted octanol–water partition coefficient (Wildman–Crippen LogP) is -1.21. The number of allylic oxidation sites excluding steroid dienone is 4. The van der Waals surface area contributed by atoms with Crippen LogP contribution in [0.1, 0.15) is 12.8 Å². The Bertz CT molecular complexity index is 489. The van der Waals surface area contributed by atoms with Gasteiger partial charge in [-0.3, -0.25) is 0 Å². The molecule has 0 fully saturated rings. The van der Waals surface area contributed by atoms with Crippen LogP contribution in [0, 0.1) is 0 Å². The minimum absolute atomic E-state index is 0.0977. The quantitative estimate of drug-likeness (QED) is 0.466. The van der Waals surface area contributed by atoms with Crippen LogP contribution >= 0.6 is 0 Å². The average molecular weight is 334 g/mol. The normalized spacial score (nSPS) is 22.5. The third-order valence-corrected chi connectivity index (χ3v) is 3.79. The Hall–Kier alpha value is -1.86. The van der Waals surface area contributed by atoms with Crippen LogP contribution in [0.3, 0.4) is 0 Å². The van der Waals surface area contributed by atoms with Gasteiger partial charge in [0.15, 0.2) is 0 Å². The average Bonchev–Trinajstić information content (AvgIpc) is 2.59. The molecule has 2 N–H and O–H groups in total. The Morgan fingerprint density at radius 2 is 1.12 bits per heavy atom. The molecule has 0 saturated carbocycles. The van der Waals surface area contributed by atoms with Crippen molar-refractivity contribution in [3.05, 3.63) is 48.9 Å². The number of nitrogens with one attached hydrogen (secondary N) is 2. The summed E-state index contributed by atoms with van der Waals surface area (Å²) in [6.45, 7) is 3.85. The summed E-state index contributed by atoms with van der Waals surface area (Å²) < 4.78 is 11.0. The smallest absolute Gasteiger partial charge is 0.341 e. The second-order valence-corrected chi connectivity index (χ2v) is 5.65. The zero-order valence-electron chi connectivity index (χ0n) is 13.9. The maximum atomic E-state index is 11.5. The van der Waals surface area contributed by atoms with Crippen molar-refractivity contribution in [1.82, 2.24) is 0 Å². The van der Waals surface area contributed by atoms with Crippen LogP contribution in [0.4, 0.5) is 0 Å². The van der Waals surface area contributed by atoms with Crippen molar-refractivity contribution < 1.29 is 28.9 Å². The number of rotatable bonds is 11. The fourth-order valence-corrected chi connectivity index (χ4v) is 2.47. The summed E-state index contributed by atoms with van der Waals surface area (Å²) in [5.41, 5.74) is 0. The minimum atomic E-state index is 0.0977. The summed E-state index contributed by atoms with van der Waals surface area (Å²) in [7, 11) is 0. The predicted molar refractivity (Wildman–Crippen MR) is 89.1 cm³/mol. The molecule has 130 valence electrons. The Balaban J connectivity index is 1.38. The minimum Gasteiger partial charge on any atom is -0.379 e. The first kappa shape index (κ1) is 18.5. The first-order valence-electron chi connectivity index (χ1n) is 8.42. The molecule has 0 aliphatic carbocycles. The molecular weight excluding hydrogens is 308 g/mol. The number of carbonyl (C=O) groups is 2. The van der Waals surface area contributed by atoms with E-state index in [9.17, 15) is 9.59 Å². The van der Waals surface area contributed by atoms with Crippen LogP contribution in [0.5, 0.6) is 0 Å². The highest BCUT2D eigenvalue weighted by molar-refractivity contribution is 5.81. The molecular formula is C18H26N2O4+2. The standard InChI is InChI=1S/C18H24N2O4/c21-17-7-1-3-9-19(17)11-5-13-23-15-16-24-14-6-12-20-10-4-2-8-18(20)22/h1-4,7-10H,5-6,11-16H2/p+2. The molecule has 2 atom stereocenters. The third-order valence-electron chi connectivity index (χ3n) is 3.79. The van der Waals surface area contributed by atoms with Gasteiger partial charge in [0, 0.05) is 25.0 Å². The van der Waals surface area contributed by atoms with Crippen LogP contribution < -0.4 is 9.80 Å². The van der Waals surface area contributed by atoms with Gasteiger partial charge in [-0.25, -0.2) is 19.4 Å². The summed E-state index contributed by atoms with van der Waals surface area (Å²) >= 11 is 0. The fourth-order valence-electron chi connectivity index (χ4n) is 2.47. The van der Waals surface area contributed by atoms with Gasteiger partial charge in [-0.1, -0.05) is 0 Å². The molecule has 2 rings (SSSR count). The maximum Gasteiger partial charge on any atom is 0.341 e. The summed E-state index contributed by atoms with van der Waals surface area (Å²) in [5, 5.41) is 0. The van der Waals surface area contributed by atoms with Crippen molar-refractivity contribution in [2.24, 2.45) is 0 Å². The number of carbonyl (C=O) groups excluding carboxylic acids is 2. The highest BCUT2D eigenvalue weighted by atomic mass is 16.5. The molecule has 0 spiro atoms. The third kappa shape index (κ3) is 6.72. The van der Waals surface area contributed by atoms with Crippen molar-refractivity contribution >= 4 is 11.8 Å². The maximum absolute atomic E-state index is 11.5. The van der Waals surface area contributed by atoms with Gasteiger partial charge in [0.05, 0.1) is 39.5 Å². The lowest BCUT2D eigenvalue weighted by molar-refractivity contribution is -0.762. The molecule has 0 aromatic heterocycles. The molecule has 2 unspecified atom stereocenters. The molecule has 6 nitrogen and oxygen atoms in total. The van der Waals surface area contributed by atoms with Crippen molar-refractivity contribution in [3.8, 4) is 0 Å². The Labute approximate surface area is 142 Å². The lowest BCUT2D eigenvalue weighted by atomic mass is 10.3. The van der Waals surface area contributed by atoms with E-state index < -0.39 is 0 Å². The molecule has 0 aromatic carbocycles. The van der Waals surface area contributed by atoms with E-state index in [2.05, 4.69) is 0 Å². The van der Waals surface area contributed by atoms with Gasteiger partial charge in [0.1, 0.15) is 12.4 Å². The van der Waals surface area contributed by atoms with E-state index in [4.69, 9.17) is 9.47 Å². The monoisotopic (exact) mass is 334 g/mol. The SMILES string of the molecule is O=C1C=CC=C[NH+]1CCCOCCOCCC[NH+]1C=CC=CC1=O. The van der Waals surface area contributed by atoms with Crippen LogP contribution in [-0.4, -0.2) is 51.3 Å². The lowest BCUT2D eigenvalue weighted by Gasteiger charge is -2.13. The first-order chi connectivity index (χ1) is 11.8. The zero-order chi connectivity index (χ0) is 17.0.